The first-order valence-corrected chi connectivity index (χ1v) is 6.97. The van der Waals surface area contributed by atoms with E-state index in [1.807, 2.05) is 0 Å². The SMILES string of the molecule is CC1(C)CN(CCCC(F)(F)F)C(C(C)(C)C)CN1. The summed E-state index contributed by atoms with van der Waals surface area (Å²) in [6.07, 6.45) is -4.54. The zero-order chi connectivity index (χ0) is 14.9. The summed E-state index contributed by atoms with van der Waals surface area (Å²) < 4.78 is 36.8. The Labute approximate surface area is 114 Å². The largest absolute Gasteiger partial charge is 0.389 e. The number of nitrogens with zero attached hydrogens (tertiary/aromatic N) is 1. The number of rotatable bonds is 3. The molecule has 1 aliphatic heterocycles. The maximum atomic E-state index is 12.3. The monoisotopic (exact) mass is 280 g/mol. The van der Waals surface area contributed by atoms with Crippen molar-refractivity contribution in [2.75, 3.05) is 19.6 Å². The molecule has 0 aliphatic carbocycles. The van der Waals surface area contributed by atoms with Crippen LogP contribution in [0.1, 0.15) is 47.5 Å². The number of nitrogens with one attached hydrogen (secondary N) is 1. The van der Waals surface area contributed by atoms with Crippen LogP contribution in [0, 0.1) is 5.41 Å². The van der Waals surface area contributed by atoms with E-state index >= 15 is 0 Å². The Kier molecular flexibility index (Phi) is 4.94. The normalized spacial score (nSPS) is 25.6. The third kappa shape index (κ3) is 5.69. The van der Waals surface area contributed by atoms with E-state index in [4.69, 9.17) is 0 Å². The van der Waals surface area contributed by atoms with E-state index in [2.05, 4.69) is 44.8 Å². The van der Waals surface area contributed by atoms with E-state index in [1.54, 1.807) is 0 Å². The predicted octanol–water partition coefficient (Wildman–Crippen LogP) is 3.43. The van der Waals surface area contributed by atoms with Crippen LogP contribution >= 0.6 is 0 Å². The molecule has 0 spiro atoms. The molecule has 0 amide bonds. The third-order valence-corrected chi connectivity index (χ3v) is 3.72. The van der Waals surface area contributed by atoms with Crippen LogP contribution in [0.5, 0.6) is 0 Å². The van der Waals surface area contributed by atoms with E-state index < -0.39 is 12.6 Å². The average Bonchev–Trinajstić information content (AvgIpc) is 2.11. The van der Waals surface area contributed by atoms with Crippen molar-refractivity contribution >= 4 is 0 Å². The second-order valence-electron chi connectivity index (χ2n) is 7.34. The Morgan fingerprint density at radius 2 is 1.79 bits per heavy atom. The zero-order valence-electron chi connectivity index (χ0n) is 12.7. The number of hydrogen-bond donors (Lipinski definition) is 1. The summed E-state index contributed by atoms with van der Waals surface area (Å²) in [6.45, 7) is 12.8. The van der Waals surface area contributed by atoms with Gasteiger partial charge >= 0.3 is 6.18 Å². The molecule has 1 rings (SSSR count). The highest BCUT2D eigenvalue weighted by atomic mass is 19.4. The van der Waals surface area contributed by atoms with Gasteiger partial charge in [0.1, 0.15) is 0 Å². The minimum Gasteiger partial charge on any atom is -0.309 e. The van der Waals surface area contributed by atoms with Crippen LogP contribution in [-0.4, -0.2) is 42.3 Å². The van der Waals surface area contributed by atoms with Crippen molar-refractivity contribution in [3.63, 3.8) is 0 Å². The van der Waals surface area contributed by atoms with Crippen LogP contribution in [0.4, 0.5) is 13.2 Å². The minimum absolute atomic E-state index is 0.0278. The molecule has 1 heterocycles. The molecule has 1 N–H and O–H groups in total. The van der Waals surface area contributed by atoms with Gasteiger partial charge in [0, 0.05) is 31.1 Å². The Hall–Kier alpha value is -0.290. The molecular formula is C14H27F3N2. The van der Waals surface area contributed by atoms with Crippen molar-refractivity contribution in [1.29, 1.82) is 0 Å². The molecule has 0 aromatic heterocycles. The van der Waals surface area contributed by atoms with E-state index in [0.29, 0.717) is 6.54 Å². The lowest BCUT2D eigenvalue weighted by atomic mass is 9.82. The Morgan fingerprint density at radius 3 is 2.26 bits per heavy atom. The molecule has 0 saturated carbocycles. The molecule has 0 radical (unpaired) electrons. The van der Waals surface area contributed by atoms with E-state index in [-0.39, 0.29) is 23.4 Å². The molecule has 114 valence electrons. The van der Waals surface area contributed by atoms with Gasteiger partial charge in [0.05, 0.1) is 0 Å². The first-order valence-electron chi connectivity index (χ1n) is 6.97. The maximum Gasteiger partial charge on any atom is 0.389 e. The van der Waals surface area contributed by atoms with Gasteiger partial charge in [-0.25, -0.2) is 0 Å². The summed E-state index contributed by atoms with van der Waals surface area (Å²) in [4.78, 5) is 2.22. The first kappa shape index (κ1) is 16.8. The van der Waals surface area contributed by atoms with Crippen molar-refractivity contribution < 1.29 is 13.2 Å². The molecule has 5 heteroatoms. The molecule has 1 saturated heterocycles. The maximum absolute atomic E-state index is 12.3. The van der Waals surface area contributed by atoms with Crippen LogP contribution < -0.4 is 5.32 Å². The van der Waals surface area contributed by atoms with E-state index in [1.165, 1.54) is 0 Å². The number of alkyl halides is 3. The number of halogens is 3. The fourth-order valence-electron chi connectivity index (χ4n) is 2.75. The first-order chi connectivity index (χ1) is 8.41. The highest BCUT2D eigenvalue weighted by Crippen LogP contribution is 2.30. The topological polar surface area (TPSA) is 15.3 Å². The second-order valence-corrected chi connectivity index (χ2v) is 7.34. The smallest absolute Gasteiger partial charge is 0.309 e. The standard InChI is InChI=1S/C14H27F3N2/c1-12(2,3)11-9-18-13(4,5)10-19(11)8-6-7-14(15,16)17/h11,18H,6-10H2,1-5H3. The zero-order valence-corrected chi connectivity index (χ0v) is 12.7. The summed E-state index contributed by atoms with van der Waals surface area (Å²) in [7, 11) is 0. The lowest BCUT2D eigenvalue weighted by Crippen LogP contribution is -2.64. The van der Waals surface area contributed by atoms with Gasteiger partial charge in [-0.1, -0.05) is 20.8 Å². The lowest BCUT2D eigenvalue weighted by molar-refractivity contribution is -0.137. The Balaban J connectivity index is 2.62. The summed E-state index contributed by atoms with van der Waals surface area (Å²) in [6, 6.07) is 0.286. The van der Waals surface area contributed by atoms with Crippen molar-refractivity contribution in [1.82, 2.24) is 10.2 Å². The van der Waals surface area contributed by atoms with Gasteiger partial charge in [-0.3, -0.25) is 4.90 Å². The van der Waals surface area contributed by atoms with Crippen molar-refractivity contribution in [3.8, 4) is 0 Å². The van der Waals surface area contributed by atoms with Crippen LogP contribution in [0.25, 0.3) is 0 Å². The molecule has 0 bridgehead atoms. The van der Waals surface area contributed by atoms with Gasteiger partial charge in [-0.05, 0) is 32.2 Å². The molecule has 19 heavy (non-hydrogen) atoms. The molecule has 1 fully saturated rings. The van der Waals surface area contributed by atoms with Gasteiger partial charge in [0.25, 0.3) is 0 Å². The Morgan fingerprint density at radius 1 is 1.21 bits per heavy atom. The highest BCUT2D eigenvalue weighted by molar-refractivity contribution is 4.96. The second kappa shape index (κ2) is 5.60. The van der Waals surface area contributed by atoms with Crippen molar-refractivity contribution in [2.45, 2.75) is 65.2 Å². The quantitative estimate of drug-likeness (QED) is 0.852. The van der Waals surface area contributed by atoms with Crippen LogP contribution in [0.3, 0.4) is 0 Å². The van der Waals surface area contributed by atoms with Crippen LogP contribution in [-0.2, 0) is 0 Å². The van der Waals surface area contributed by atoms with Crippen molar-refractivity contribution in [2.24, 2.45) is 5.41 Å². The summed E-state index contributed by atoms with van der Waals surface area (Å²) in [5, 5.41) is 3.49. The van der Waals surface area contributed by atoms with E-state index in [0.717, 1.165) is 13.1 Å². The van der Waals surface area contributed by atoms with Gasteiger partial charge < -0.3 is 5.32 Å². The molecule has 1 aliphatic rings. The fraction of sp³-hybridized carbons (Fsp3) is 1.00. The fourth-order valence-corrected chi connectivity index (χ4v) is 2.75. The van der Waals surface area contributed by atoms with Crippen molar-refractivity contribution in [3.05, 3.63) is 0 Å². The average molecular weight is 280 g/mol. The van der Waals surface area contributed by atoms with Crippen LogP contribution in [0.2, 0.25) is 0 Å². The van der Waals surface area contributed by atoms with Gasteiger partial charge in [-0.2, -0.15) is 13.2 Å². The summed E-state index contributed by atoms with van der Waals surface area (Å²) in [5.74, 6) is 0. The van der Waals surface area contributed by atoms with E-state index in [9.17, 15) is 13.2 Å². The molecule has 1 atom stereocenters. The van der Waals surface area contributed by atoms with Crippen LogP contribution in [0.15, 0.2) is 0 Å². The molecule has 0 aromatic rings. The number of piperazine rings is 1. The third-order valence-electron chi connectivity index (χ3n) is 3.72. The molecular weight excluding hydrogens is 253 g/mol. The lowest BCUT2D eigenvalue weighted by Gasteiger charge is -2.49. The predicted molar refractivity (Wildman–Crippen MR) is 72.2 cm³/mol. The molecule has 1 unspecified atom stereocenters. The molecule has 2 nitrogen and oxygen atoms in total. The summed E-state index contributed by atoms with van der Waals surface area (Å²) >= 11 is 0. The van der Waals surface area contributed by atoms with Gasteiger partial charge in [0.2, 0.25) is 0 Å². The summed E-state index contributed by atoms with van der Waals surface area (Å²) in [5.41, 5.74) is 0.0434. The highest BCUT2D eigenvalue weighted by Gasteiger charge is 2.38. The van der Waals surface area contributed by atoms with Gasteiger partial charge in [0.15, 0.2) is 0 Å². The Bertz CT molecular complexity index is 292. The molecule has 0 aromatic carbocycles. The minimum atomic E-state index is -4.04. The van der Waals surface area contributed by atoms with Gasteiger partial charge in [-0.15, -0.1) is 0 Å². The number of hydrogen-bond acceptors (Lipinski definition) is 2.